The van der Waals surface area contributed by atoms with Crippen molar-refractivity contribution in [1.29, 1.82) is 0 Å². The summed E-state index contributed by atoms with van der Waals surface area (Å²) in [5.74, 6) is 0.765. The van der Waals surface area contributed by atoms with Crippen molar-refractivity contribution in [3.63, 3.8) is 0 Å². The van der Waals surface area contributed by atoms with E-state index in [9.17, 15) is 9.59 Å². The van der Waals surface area contributed by atoms with Gasteiger partial charge in [-0.1, -0.05) is 6.08 Å². The molecule has 2 aromatic heterocycles. The number of aromatic nitrogens is 4. The first-order valence-corrected chi connectivity index (χ1v) is 8.19. The van der Waals surface area contributed by atoms with Gasteiger partial charge < -0.3 is 9.88 Å². The maximum atomic E-state index is 12.8. The predicted octanol–water partition coefficient (Wildman–Crippen LogP) is 1.31. The van der Waals surface area contributed by atoms with Gasteiger partial charge in [-0.15, -0.1) is 0 Å². The van der Waals surface area contributed by atoms with Crippen LogP contribution in [-0.2, 0) is 7.05 Å². The SMILES string of the molecule is Cn1cc(C2=CCCN(C(=O)c3cc(=O)[nH]c(C4CC4)n3)C2)cn1. The lowest BCUT2D eigenvalue weighted by molar-refractivity contribution is 0.0768. The van der Waals surface area contributed by atoms with Crippen LogP contribution in [0.15, 0.2) is 29.3 Å². The fraction of sp³-hybridized carbons (Fsp3) is 0.412. The number of carbonyl (C=O) groups is 1. The number of rotatable bonds is 3. The van der Waals surface area contributed by atoms with Crippen LogP contribution in [-0.4, -0.2) is 43.6 Å². The number of nitrogens with one attached hydrogen (secondary N) is 1. The van der Waals surface area contributed by atoms with Gasteiger partial charge in [-0.05, 0) is 24.8 Å². The Morgan fingerprint density at radius 2 is 2.21 bits per heavy atom. The standard InChI is InChI=1S/C17H19N5O2/c1-21-9-13(8-18-21)12-3-2-6-22(10-12)17(24)14-7-15(23)20-16(19-14)11-4-5-11/h3,7-9,11H,2,4-6,10H2,1H3,(H,19,20,23). The zero-order chi connectivity index (χ0) is 16.7. The highest BCUT2D eigenvalue weighted by molar-refractivity contribution is 5.93. The Morgan fingerprint density at radius 1 is 1.38 bits per heavy atom. The van der Waals surface area contributed by atoms with Crippen LogP contribution in [0.1, 0.15) is 47.1 Å². The number of aromatic amines is 1. The van der Waals surface area contributed by atoms with E-state index >= 15 is 0 Å². The summed E-state index contributed by atoms with van der Waals surface area (Å²) in [5.41, 5.74) is 2.09. The molecule has 0 saturated heterocycles. The minimum absolute atomic E-state index is 0.183. The molecule has 0 aromatic carbocycles. The summed E-state index contributed by atoms with van der Waals surface area (Å²) in [6, 6.07) is 1.30. The summed E-state index contributed by atoms with van der Waals surface area (Å²) in [7, 11) is 1.87. The maximum absolute atomic E-state index is 12.8. The zero-order valence-electron chi connectivity index (χ0n) is 13.5. The molecular formula is C17H19N5O2. The van der Waals surface area contributed by atoms with E-state index in [4.69, 9.17) is 0 Å². The highest BCUT2D eigenvalue weighted by atomic mass is 16.2. The van der Waals surface area contributed by atoms with E-state index in [1.54, 1.807) is 15.8 Å². The molecule has 2 aliphatic rings. The summed E-state index contributed by atoms with van der Waals surface area (Å²) in [6.45, 7) is 1.15. The van der Waals surface area contributed by atoms with Gasteiger partial charge in [0.05, 0.1) is 6.20 Å². The van der Waals surface area contributed by atoms with Gasteiger partial charge in [-0.2, -0.15) is 5.10 Å². The van der Waals surface area contributed by atoms with Crippen molar-refractivity contribution in [1.82, 2.24) is 24.6 Å². The first-order valence-electron chi connectivity index (χ1n) is 8.19. The van der Waals surface area contributed by atoms with Gasteiger partial charge in [-0.25, -0.2) is 4.98 Å². The van der Waals surface area contributed by atoms with E-state index in [-0.39, 0.29) is 17.2 Å². The van der Waals surface area contributed by atoms with Gasteiger partial charge >= 0.3 is 0 Å². The van der Waals surface area contributed by atoms with Crippen LogP contribution in [0.25, 0.3) is 5.57 Å². The largest absolute Gasteiger partial charge is 0.333 e. The normalized spacial score (nSPS) is 17.7. The quantitative estimate of drug-likeness (QED) is 0.922. The monoisotopic (exact) mass is 325 g/mol. The molecule has 1 saturated carbocycles. The first kappa shape index (κ1) is 14.9. The van der Waals surface area contributed by atoms with Gasteiger partial charge in [0.15, 0.2) is 0 Å². The van der Waals surface area contributed by atoms with Crippen molar-refractivity contribution in [3.05, 3.63) is 52.0 Å². The van der Waals surface area contributed by atoms with Crippen LogP contribution in [0.4, 0.5) is 0 Å². The summed E-state index contributed by atoms with van der Waals surface area (Å²) in [5, 5.41) is 4.18. The van der Waals surface area contributed by atoms with Crippen LogP contribution in [0, 0.1) is 0 Å². The lowest BCUT2D eigenvalue weighted by Crippen LogP contribution is -2.36. The van der Waals surface area contributed by atoms with Gasteiger partial charge in [0.25, 0.3) is 11.5 Å². The molecule has 0 atom stereocenters. The van der Waals surface area contributed by atoms with Crippen molar-refractivity contribution in [3.8, 4) is 0 Å². The minimum atomic E-state index is -0.254. The molecule has 24 heavy (non-hydrogen) atoms. The Bertz CT molecular complexity index is 875. The fourth-order valence-electron chi connectivity index (χ4n) is 3.01. The molecule has 1 amide bonds. The second-order valence-corrected chi connectivity index (χ2v) is 6.44. The van der Waals surface area contributed by atoms with E-state index in [1.165, 1.54) is 6.07 Å². The lowest BCUT2D eigenvalue weighted by atomic mass is 10.0. The molecule has 7 heteroatoms. The predicted molar refractivity (Wildman–Crippen MR) is 88.5 cm³/mol. The van der Waals surface area contributed by atoms with Crippen molar-refractivity contribution in [2.24, 2.45) is 7.05 Å². The molecular weight excluding hydrogens is 306 g/mol. The summed E-state index contributed by atoms with van der Waals surface area (Å²) < 4.78 is 1.75. The van der Waals surface area contributed by atoms with Gasteiger partial charge in [-0.3, -0.25) is 14.3 Å². The topological polar surface area (TPSA) is 83.9 Å². The van der Waals surface area contributed by atoms with Crippen molar-refractivity contribution >= 4 is 11.5 Å². The Labute approximate surface area is 139 Å². The van der Waals surface area contributed by atoms with Crippen molar-refractivity contribution in [2.45, 2.75) is 25.2 Å². The number of hydrogen-bond donors (Lipinski definition) is 1. The van der Waals surface area contributed by atoms with Crippen LogP contribution >= 0.6 is 0 Å². The fourth-order valence-corrected chi connectivity index (χ4v) is 3.01. The van der Waals surface area contributed by atoms with Gasteiger partial charge in [0, 0.05) is 43.9 Å². The van der Waals surface area contributed by atoms with E-state index in [0.29, 0.717) is 24.8 Å². The van der Waals surface area contributed by atoms with E-state index in [2.05, 4.69) is 21.1 Å². The Kier molecular flexibility index (Phi) is 3.55. The molecule has 0 unspecified atom stereocenters. The molecule has 124 valence electrons. The Balaban J connectivity index is 1.57. The second kappa shape index (κ2) is 5.74. The van der Waals surface area contributed by atoms with E-state index in [0.717, 1.165) is 30.4 Å². The van der Waals surface area contributed by atoms with Gasteiger partial charge in [0.1, 0.15) is 11.5 Å². The number of nitrogens with zero attached hydrogens (tertiary/aromatic N) is 4. The second-order valence-electron chi connectivity index (χ2n) is 6.44. The molecule has 3 heterocycles. The number of H-pyrrole nitrogens is 1. The lowest BCUT2D eigenvalue weighted by Gasteiger charge is -2.27. The van der Waals surface area contributed by atoms with Crippen molar-refractivity contribution in [2.75, 3.05) is 13.1 Å². The first-order chi connectivity index (χ1) is 11.6. The Hall–Kier alpha value is -2.70. The maximum Gasteiger partial charge on any atom is 0.273 e. The molecule has 2 aromatic rings. The number of carbonyl (C=O) groups excluding carboxylic acids is 1. The average molecular weight is 325 g/mol. The summed E-state index contributed by atoms with van der Waals surface area (Å²) in [4.78, 5) is 33.5. The molecule has 4 rings (SSSR count). The molecule has 0 bridgehead atoms. The minimum Gasteiger partial charge on any atom is -0.333 e. The van der Waals surface area contributed by atoms with E-state index in [1.807, 2.05) is 13.2 Å². The summed E-state index contributed by atoms with van der Waals surface area (Å²) >= 11 is 0. The molecule has 1 aliphatic heterocycles. The third-order valence-electron chi connectivity index (χ3n) is 4.46. The molecule has 0 radical (unpaired) electrons. The van der Waals surface area contributed by atoms with Crippen LogP contribution in [0.3, 0.4) is 0 Å². The molecule has 1 N–H and O–H groups in total. The van der Waals surface area contributed by atoms with Crippen molar-refractivity contribution < 1.29 is 4.79 Å². The third-order valence-corrected chi connectivity index (χ3v) is 4.46. The Morgan fingerprint density at radius 3 is 2.92 bits per heavy atom. The van der Waals surface area contributed by atoms with Crippen LogP contribution in [0.2, 0.25) is 0 Å². The zero-order valence-corrected chi connectivity index (χ0v) is 13.5. The average Bonchev–Trinajstić information content (AvgIpc) is 3.35. The van der Waals surface area contributed by atoms with Gasteiger partial charge in [0.2, 0.25) is 0 Å². The highest BCUT2D eigenvalue weighted by Gasteiger charge is 2.28. The number of hydrogen-bond acceptors (Lipinski definition) is 4. The molecule has 0 spiro atoms. The third kappa shape index (κ3) is 2.89. The smallest absolute Gasteiger partial charge is 0.273 e. The molecule has 1 fully saturated rings. The highest BCUT2D eigenvalue weighted by Crippen LogP contribution is 2.37. The molecule has 1 aliphatic carbocycles. The number of amides is 1. The van der Waals surface area contributed by atoms with E-state index < -0.39 is 0 Å². The molecule has 7 nitrogen and oxygen atoms in total. The van der Waals surface area contributed by atoms with Crippen LogP contribution in [0.5, 0.6) is 0 Å². The number of aryl methyl sites for hydroxylation is 1. The summed E-state index contributed by atoms with van der Waals surface area (Å²) in [6.07, 6.45) is 8.72. The van der Waals surface area contributed by atoms with Crippen LogP contribution < -0.4 is 5.56 Å².